The first-order valence-electron chi connectivity index (χ1n) is 4.00. The SMILES string of the molecule is CC[C@H](C(=O)F)c1ccccc1. The Labute approximate surface area is 71.2 Å². The Hall–Kier alpha value is -1.18. The number of rotatable bonds is 3. The van der Waals surface area contributed by atoms with E-state index >= 15 is 0 Å². The molecular weight excluding hydrogens is 155 g/mol. The lowest BCUT2D eigenvalue weighted by Crippen LogP contribution is -2.05. The molecule has 1 atom stereocenters. The Balaban J connectivity index is 2.88. The average molecular weight is 166 g/mol. The van der Waals surface area contributed by atoms with Gasteiger partial charge in [0.1, 0.15) is 0 Å². The minimum absolute atomic E-state index is 0.513. The van der Waals surface area contributed by atoms with Gasteiger partial charge in [0.15, 0.2) is 0 Å². The molecule has 0 fully saturated rings. The molecule has 2 heteroatoms. The Morgan fingerprint density at radius 2 is 2.00 bits per heavy atom. The first kappa shape index (κ1) is 8.91. The van der Waals surface area contributed by atoms with Crippen LogP contribution in [0.1, 0.15) is 24.8 Å². The summed E-state index contributed by atoms with van der Waals surface area (Å²) in [7, 11) is 0. The van der Waals surface area contributed by atoms with Crippen LogP contribution in [0.25, 0.3) is 0 Å². The summed E-state index contributed by atoms with van der Waals surface area (Å²) in [6.45, 7) is 1.80. The summed E-state index contributed by atoms with van der Waals surface area (Å²) >= 11 is 0. The van der Waals surface area contributed by atoms with E-state index in [-0.39, 0.29) is 0 Å². The van der Waals surface area contributed by atoms with Crippen molar-refractivity contribution in [2.45, 2.75) is 19.3 Å². The van der Waals surface area contributed by atoms with E-state index < -0.39 is 12.0 Å². The van der Waals surface area contributed by atoms with Crippen LogP contribution in [0.2, 0.25) is 0 Å². The van der Waals surface area contributed by atoms with Crippen LogP contribution in [-0.4, -0.2) is 6.04 Å². The van der Waals surface area contributed by atoms with Crippen molar-refractivity contribution < 1.29 is 9.18 Å². The highest BCUT2D eigenvalue weighted by Crippen LogP contribution is 2.20. The van der Waals surface area contributed by atoms with Crippen LogP contribution >= 0.6 is 0 Å². The third kappa shape index (κ3) is 1.91. The topological polar surface area (TPSA) is 17.1 Å². The second-order valence-electron chi connectivity index (χ2n) is 2.68. The molecule has 0 amide bonds. The average Bonchev–Trinajstić information content (AvgIpc) is 2.07. The second-order valence-corrected chi connectivity index (χ2v) is 2.68. The number of halogens is 1. The predicted octanol–water partition coefficient (Wildman–Crippen LogP) is 2.68. The van der Waals surface area contributed by atoms with Gasteiger partial charge >= 0.3 is 6.04 Å². The van der Waals surface area contributed by atoms with Crippen LogP contribution in [0.15, 0.2) is 30.3 Å². The van der Waals surface area contributed by atoms with Gasteiger partial charge in [-0.15, -0.1) is 0 Å². The number of hydrogen-bond acceptors (Lipinski definition) is 1. The van der Waals surface area contributed by atoms with E-state index in [2.05, 4.69) is 0 Å². The van der Waals surface area contributed by atoms with Gasteiger partial charge in [-0.1, -0.05) is 37.3 Å². The quantitative estimate of drug-likeness (QED) is 0.631. The van der Waals surface area contributed by atoms with Gasteiger partial charge < -0.3 is 0 Å². The molecule has 12 heavy (non-hydrogen) atoms. The van der Waals surface area contributed by atoms with E-state index in [4.69, 9.17) is 0 Å². The maximum Gasteiger partial charge on any atom is 0.308 e. The minimum atomic E-state index is -1.25. The van der Waals surface area contributed by atoms with Gasteiger partial charge in [-0.05, 0) is 12.0 Å². The molecule has 0 bridgehead atoms. The van der Waals surface area contributed by atoms with Crippen molar-refractivity contribution in [3.8, 4) is 0 Å². The monoisotopic (exact) mass is 166 g/mol. The molecule has 1 rings (SSSR count). The van der Waals surface area contributed by atoms with Crippen molar-refractivity contribution in [1.82, 2.24) is 0 Å². The Morgan fingerprint density at radius 3 is 2.42 bits per heavy atom. The molecular formula is C10H11FO. The van der Waals surface area contributed by atoms with E-state index in [1.807, 2.05) is 6.07 Å². The van der Waals surface area contributed by atoms with Gasteiger partial charge in [-0.2, -0.15) is 4.39 Å². The van der Waals surface area contributed by atoms with E-state index in [0.29, 0.717) is 6.42 Å². The molecule has 0 saturated carbocycles. The molecule has 1 nitrogen and oxygen atoms in total. The normalized spacial score (nSPS) is 12.5. The van der Waals surface area contributed by atoms with Crippen molar-refractivity contribution in [1.29, 1.82) is 0 Å². The lowest BCUT2D eigenvalue weighted by Gasteiger charge is -2.07. The zero-order chi connectivity index (χ0) is 8.97. The van der Waals surface area contributed by atoms with Crippen molar-refractivity contribution in [2.75, 3.05) is 0 Å². The zero-order valence-corrected chi connectivity index (χ0v) is 6.96. The summed E-state index contributed by atoms with van der Waals surface area (Å²) in [6, 6.07) is 7.75. The first-order valence-corrected chi connectivity index (χ1v) is 4.00. The largest absolute Gasteiger partial charge is 0.308 e. The van der Waals surface area contributed by atoms with Crippen LogP contribution in [0.3, 0.4) is 0 Å². The molecule has 0 radical (unpaired) electrons. The highest BCUT2D eigenvalue weighted by atomic mass is 19.1. The lowest BCUT2D eigenvalue weighted by atomic mass is 9.98. The van der Waals surface area contributed by atoms with Gasteiger partial charge in [0.25, 0.3) is 0 Å². The molecule has 0 aliphatic heterocycles. The predicted molar refractivity (Wildman–Crippen MR) is 45.6 cm³/mol. The summed E-state index contributed by atoms with van der Waals surface area (Å²) < 4.78 is 12.4. The fraction of sp³-hybridized carbons (Fsp3) is 0.300. The highest BCUT2D eigenvalue weighted by molar-refractivity contribution is 5.76. The third-order valence-electron chi connectivity index (χ3n) is 1.88. The summed E-state index contributed by atoms with van der Waals surface area (Å²) in [6.07, 6.45) is 0.513. The zero-order valence-electron chi connectivity index (χ0n) is 6.96. The molecule has 0 heterocycles. The molecule has 1 aromatic carbocycles. The van der Waals surface area contributed by atoms with E-state index in [1.165, 1.54) is 0 Å². The third-order valence-corrected chi connectivity index (χ3v) is 1.88. The fourth-order valence-electron chi connectivity index (χ4n) is 1.21. The maximum absolute atomic E-state index is 12.4. The standard InChI is InChI=1S/C10H11FO/c1-2-9(10(11)12)8-6-4-3-5-7-8/h3-7,9H,2H2,1H3/t9-/m0/s1. The van der Waals surface area contributed by atoms with Crippen LogP contribution in [0.5, 0.6) is 0 Å². The highest BCUT2D eigenvalue weighted by Gasteiger charge is 2.16. The molecule has 0 spiro atoms. The summed E-state index contributed by atoms with van der Waals surface area (Å²) in [5, 5.41) is 0. The smallest absolute Gasteiger partial charge is 0.260 e. The van der Waals surface area contributed by atoms with Crippen molar-refractivity contribution in [3.05, 3.63) is 35.9 Å². The molecule has 0 unspecified atom stereocenters. The summed E-state index contributed by atoms with van der Waals surface area (Å²) in [5.41, 5.74) is 0.757. The van der Waals surface area contributed by atoms with Crippen LogP contribution in [-0.2, 0) is 4.79 Å². The minimum Gasteiger partial charge on any atom is -0.260 e. The molecule has 1 aromatic rings. The van der Waals surface area contributed by atoms with Crippen molar-refractivity contribution >= 4 is 6.04 Å². The number of carbonyl (C=O) groups is 1. The van der Waals surface area contributed by atoms with Crippen molar-refractivity contribution in [2.24, 2.45) is 0 Å². The number of carbonyl (C=O) groups excluding carboxylic acids is 1. The van der Waals surface area contributed by atoms with E-state index in [0.717, 1.165) is 5.56 Å². The molecule has 0 aliphatic carbocycles. The maximum atomic E-state index is 12.4. The Kier molecular flexibility index (Phi) is 2.97. The van der Waals surface area contributed by atoms with Crippen LogP contribution in [0.4, 0.5) is 4.39 Å². The van der Waals surface area contributed by atoms with Gasteiger partial charge in [-0.25, -0.2) is 0 Å². The molecule has 64 valence electrons. The van der Waals surface area contributed by atoms with Crippen molar-refractivity contribution in [3.63, 3.8) is 0 Å². The molecule has 0 aliphatic rings. The van der Waals surface area contributed by atoms with Gasteiger partial charge in [0.05, 0.1) is 5.92 Å². The Bertz CT molecular complexity index is 256. The lowest BCUT2D eigenvalue weighted by molar-refractivity contribution is -0.130. The Morgan fingerprint density at radius 1 is 1.42 bits per heavy atom. The number of hydrogen-bond donors (Lipinski definition) is 0. The second kappa shape index (κ2) is 4.00. The number of benzene rings is 1. The van der Waals surface area contributed by atoms with Crippen LogP contribution in [0, 0.1) is 0 Å². The van der Waals surface area contributed by atoms with E-state index in [1.54, 1.807) is 31.2 Å². The molecule has 0 aromatic heterocycles. The fourth-order valence-corrected chi connectivity index (χ4v) is 1.21. The molecule has 0 N–H and O–H groups in total. The summed E-state index contributed by atoms with van der Waals surface area (Å²) in [5.74, 6) is -0.578. The summed E-state index contributed by atoms with van der Waals surface area (Å²) in [4.78, 5) is 10.5. The van der Waals surface area contributed by atoms with E-state index in [9.17, 15) is 9.18 Å². The first-order chi connectivity index (χ1) is 5.75. The molecule has 0 saturated heterocycles. The van der Waals surface area contributed by atoms with Crippen LogP contribution < -0.4 is 0 Å². The van der Waals surface area contributed by atoms with Gasteiger partial charge in [-0.3, -0.25) is 4.79 Å². The van der Waals surface area contributed by atoms with Gasteiger partial charge in [0.2, 0.25) is 0 Å². The van der Waals surface area contributed by atoms with Gasteiger partial charge in [0, 0.05) is 0 Å².